The van der Waals surface area contributed by atoms with E-state index in [1.165, 1.54) is 19.3 Å². The van der Waals surface area contributed by atoms with Crippen LogP contribution in [0.5, 0.6) is 5.75 Å². The van der Waals surface area contributed by atoms with Gasteiger partial charge in [0, 0.05) is 24.7 Å². The molecule has 2 aliphatic rings. The van der Waals surface area contributed by atoms with Crippen LogP contribution in [0.4, 0.5) is 0 Å². The number of benzene rings is 1. The minimum atomic E-state index is 0.0659. The number of likely N-dealkylation sites (tertiary alicyclic amines) is 1. The van der Waals surface area contributed by atoms with Crippen molar-refractivity contribution in [3.8, 4) is 17.2 Å². The number of carbonyl (C=O) groups is 1. The van der Waals surface area contributed by atoms with E-state index < -0.39 is 0 Å². The summed E-state index contributed by atoms with van der Waals surface area (Å²) in [7, 11) is 1.66. The summed E-state index contributed by atoms with van der Waals surface area (Å²) in [5, 5.41) is 3.36. The molecule has 1 aliphatic carbocycles. The average Bonchev–Trinajstić information content (AvgIpc) is 3.15. The van der Waals surface area contributed by atoms with Crippen molar-refractivity contribution < 1.29 is 13.9 Å². The van der Waals surface area contributed by atoms with Crippen molar-refractivity contribution >= 4 is 5.91 Å². The molecule has 1 aromatic carbocycles. The number of ether oxygens (including phenoxy) is 1. The summed E-state index contributed by atoms with van der Waals surface area (Å²) in [6.07, 6.45) is 6.88. The number of piperidine rings is 1. The summed E-state index contributed by atoms with van der Waals surface area (Å²) < 4.78 is 11.2. The van der Waals surface area contributed by atoms with E-state index in [0.29, 0.717) is 17.9 Å². The van der Waals surface area contributed by atoms with Gasteiger partial charge in [-0.2, -0.15) is 0 Å². The van der Waals surface area contributed by atoms with Gasteiger partial charge in [0.05, 0.1) is 18.7 Å². The number of nitrogens with one attached hydrogen (secondary N) is 1. The molecule has 4 rings (SSSR count). The van der Waals surface area contributed by atoms with Gasteiger partial charge in [0.2, 0.25) is 11.8 Å². The molecule has 0 radical (unpaired) electrons. The summed E-state index contributed by atoms with van der Waals surface area (Å²) in [4.78, 5) is 20.0. The molecule has 1 saturated carbocycles. The van der Waals surface area contributed by atoms with Gasteiger partial charge in [-0.3, -0.25) is 9.69 Å². The Morgan fingerprint density at radius 2 is 1.97 bits per heavy atom. The molecule has 0 bridgehead atoms. The van der Waals surface area contributed by atoms with Crippen LogP contribution in [0.1, 0.15) is 56.9 Å². The Balaban J connectivity index is 1.36. The fourth-order valence-electron chi connectivity index (χ4n) is 4.89. The van der Waals surface area contributed by atoms with Gasteiger partial charge in [0.25, 0.3) is 0 Å². The Hall–Kier alpha value is -2.34. The van der Waals surface area contributed by atoms with Crippen molar-refractivity contribution in [2.24, 2.45) is 11.8 Å². The molecule has 2 heterocycles. The van der Waals surface area contributed by atoms with Gasteiger partial charge in [-0.15, -0.1) is 0 Å². The second kappa shape index (κ2) is 9.86. The number of oxazole rings is 1. The van der Waals surface area contributed by atoms with E-state index in [1.54, 1.807) is 7.11 Å². The van der Waals surface area contributed by atoms with Gasteiger partial charge < -0.3 is 14.5 Å². The van der Waals surface area contributed by atoms with E-state index in [9.17, 15) is 4.79 Å². The monoisotopic (exact) mass is 425 g/mol. The van der Waals surface area contributed by atoms with Gasteiger partial charge in [-0.25, -0.2) is 4.98 Å². The maximum absolute atomic E-state index is 12.9. The number of aryl methyl sites for hydroxylation is 1. The van der Waals surface area contributed by atoms with Crippen LogP contribution in [0.2, 0.25) is 0 Å². The highest BCUT2D eigenvalue weighted by Crippen LogP contribution is 2.27. The molecule has 2 aromatic rings. The lowest BCUT2D eigenvalue weighted by molar-refractivity contribution is -0.128. The molecule has 2 fully saturated rings. The molecule has 0 spiro atoms. The van der Waals surface area contributed by atoms with E-state index in [2.05, 4.69) is 17.1 Å². The van der Waals surface area contributed by atoms with Crippen molar-refractivity contribution in [1.82, 2.24) is 15.2 Å². The van der Waals surface area contributed by atoms with Crippen LogP contribution >= 0.6 is 0 Å². The van der Waals surface area contributed by atoms with E-state index in [-0.39, 0.29) is 11.8 Å². The third kappa shape index (κ3) is 5.29. The van der Waals surface area contributed by atoms with Crippen LogP contribution in [0, 0.1) is 18.8 Å². The maximum atomic E-state index is 12.9. The number of carbonyl (C=O) groups excluding carboxylic acids is 1. The van der Waals surface area contributed by atoms with Crippen LogP contribution in [-0.4, -0.2) is 42.0 Å². The Labute approximate surface area is 185 Å². The van der Waals surface area contributed by atoms with Gasteiger partial charge in [-0.05, 0) is 69.3 Å². The average molecular weight is 426 g/mol. The number of aromatic nitrogens is 1. The highest BCUT2D eigenvalue weighted by Gasteiger charge is 2.30. The topological polar surface area (TPSA) is 67.6 Å². The summed E-state index contributed by atoms with van der Waals surface area (Å²) in [5.41, 5.74) is 1.89. The zero-order chi connectivity index (χ0) is 21.8. The number of hydrogen-bond donors (Lipinski definition) is 1. The predicted molar refractivity (Wildman–Crippen MR) is 121 cm³/mol. The van der Waals surface area contributed by atoms with Crippen LogP contribution in [0.3, 0.4) is 0 Å². The molecule has 1 saturated heterocycles. The number of hydrogen-bond acceptors (Lipinski definition) is 5. The van der Waals surface area contributed by atoms with Crippen LogP contribution < -0.4 is 10.1 Å². The van der Waals surface area contributed by atoms with Crippen molar-refractivity contribution in [2.45, 2.75) is 65.0 Å². The molecule has 3 atom stereocenters. The summed E-state index contributed by atoms with van der Waals surface area (Å²) in [6.45, 7) is 6.74. The standard InChI is InChI=1S/C25H35N3O3/c1-17-7-4-5-9-22(17)26-24(29)20-8-6-14-28(15-20)16-23-18(2)31-25(27-23)19-10-12-21(30-3)13-11-19/h10-13,17,20,22H,4-9,14-16H2,1-3H3,(H,26,29). The van der Waals surface area contributed by atoms with Crippen molar-refractivity contribution in [3.63, 3.8) is 0 Å². The zero-order valence-electron chi connectivity index (χ0n) is 19.0. The van der Waals surface area contributed by atoms with E-state index >= 15 is 0 Å². The Morgan fingerprint density at radius 3 is 2.71 bits per heavy atom. The smallest absolute Gasteiger partial charge is 0.226 e. The van der Waals surface area contributed by atoms with E-state index in [1.807, 2.05) is 31.2 Å². The SMILES string of the molecule is COc1ccc(-c2nc(CN3CCCC(C(=O)NC4CCCCC4C)C3)c(C)o2)cc1. The van der Waals surface area contributed by atoms with Crippen LogP contribution in [0.15, 0.2) is 28.7 Å². The highest BCUT2D eigenvalue weighted by atomic mass is 16.5. The second-order valence-corrected chi connectivity index (χ2v) is 9.20. The third-order valence-electron chi connectivity index (χ3n) is 6.92. The summed E-state index contributed by atoms with van der Waals surface area (Å²) in [5.74, 6) is 3.18. The van der Waals surface area contributed by atoms with Gasteiger partial charge in [0.1, 0.15) is 11.5 Å². The lowest BCUT2D eigenvalue weighted by atomic mass is 9.85. The van der Waals surface area contributed by atoms with E-state index in [4.69, 9.17) is 14.1 Å². The number of nitrogens with zero attached hydrogens (tertiary/aromatic N) is 2. The highest BCUT2D eigenvalue weighted by molar-refractivity contribution is 5.79. The molecule has 168 valence electrons. The normalized spacial score (nSPS) is 24.7. The largest absolute Gasteiger partial charge is 0.497 e. The van der Waals surface area contributed by atoms with Crippen LogP contribution in [-0.2, 0) is 11.3 Å². The minimum Gasteiger partial charge on any atom is -0.497 e. The Bertz CT molecular complexity index is 877. The first-order valence-electron chi connectivity index (χ1n) is 11.7. The molecule has 6 heteroatoms. The lowest BCUT2D eigenvalue weighted by Crippen LogP contribution is -2.48. The van der Waals surface area contributed by atoms with Gasteiger partial charge >= 0.3 is 0 Å². The number of methoxy groups -OCH3 is 1. The Morgan fingerprint density at radius 1 is 1.19 bits per heavy atom. The second-order valence-electron chi connectivity index (χ2n) is 9.20. The predicted octanol–water partition coefficient (Wildman–Crippen LogP) is 4.57. The fraction of sp³-hybridized carbons (Fsp3) is 0.600. The quantitative estimate of drug-likeness (QED) is 0.735. The minimum absolute atomic E-state index is 0.0659. The molecule has 1 aliphatic heterocycles. The first-order chi connectivity index (χ1) is 15.0. The van der Waals surface area contributed by atoms with Crippen molar-refractivity contribution in [1.29, 1.82) is 0 Å². The van der Waals surface area contributed by atoms with Gasteiger partial charge in [0.15, 0.2) is 0 Å². The Kier molecular flexibility index (Phi) is 6.96. The molecule has 3 unspecified atom stereocenters. The van der Waals surface area contributed by atoms with Crippen molar-refractivity contribution in [3.05, 3.63) is 35.7 Å². The molecule has 1 aromatic heterocycles. The zero-order valence-corrected chi connectivity index (χ0v) is 19.0. The molecule has 1 amide bonds. The number of amides is 1. The summed E-state index contributed by atoms with van der Waals surface area (Å²) in [6, 6.07) is 8.09. The van der Waals surface area contributed by atoms with Crippen molar-refractivity contribution in [2.75, 3.05) is 20.2 Å². The lowest BCUT2D eigenvalue weighted by Gasteiger charge is -2.34. The van der Waals surface area contributed by atoms with Gasteiger partial charge in [-0.1, -0.05) is 19.8 Å². The fourth-order valence-corrected chi connectivity index (χ4v) is 4.89. The maximum Gasteiger partial charge on any atom is 0.226 e. The first-order valence-corrected chi connectivity index (χ1v) is 11.7. The van der Waals surface area contributed by atoms with Crippen LogP contribution in [0.25, 0.3) is 11.5 Å². The third-order valence-corrected chi connectivity index (χ3v) is 6.92. The van der Waals surface area contributed by atoms with E-state index in [0.717, 1.165) is 61.7 Å². The molecular formula is C25H35N3O3. The molecule has 6 nitrogen and oxygen atoms in total. The summed E-state index contributed by atoms with van der Waals surface area (Å²) >= 11 is 0. The molecular weight excluding hydrogens is 390 g/mol. The number of rotatable bonds is 6. The first kappa shape index (κ1) is 21.9. The molecule has 31 heavy (non-hydrogen) atoms. The molecule has 1 N–H and O–H groups in total.